The van der Waals surface area contributed by atoms with Crippen molar-refractivity contribution in [3.05, 3.63) is 77.5 Å². The summed E-state index contributed by atoms with van der Waals surface area (Å²) in [4.78, 5) is 4.76. The third-order valence-corrected chi connectivity index (χ3v) is 3.78. The smallest absolute Gasteiger partial charge is 0.0705 e. The molecule has 0 radical (unpaired) electrons. The maximum Gasteiger partial charge on any atom is 0.0705 e. The first-order valence-corrected chi connectivity index (χ1v) is 7.13. The van der Waals surface area contributed by atoms with Gasteiger partial charge in [-0.15, -0.1) is 0 Å². The van der Waals surface area contributed by atoms with Crippen molar-refractivity contribution in [2.45, 2.75) is 26.2 Å². The predicted octanol–water partition coefficient (Wildman–Crippen LogP) is 4.89. The molecule has 1 aromatic heterocycles. The minimum Gasteiger partial charge on any atom is -0.253 e. The molecular weight excluding hydrogens is 242 g/mol. The van der Waals surface area contributed by atoms with Gasteiger partial charge in [0.25, 0.3) is 0 Å². The Balaban J connectivity index is 1.85. The zero-order valence-electron chi connectivity index (χ0n) is 12.0. The molecule has 20 heavy (non-hydrogen) atoms. The molecule has 0 N–H and O–H groups in total. The van der Waals surface area contributed by atoms with Crippen molar-refractivity contribution in [2.75, 3.05) is 0 Å². The summed E-state index contributed by atoms with van der Waals surface area (Å²) in [5.74, 6) is 0.489. The van der Waals surface area contributed by atoms with Gasteiger partial charge in [0.05, 0.1) is 5.52 Å². The number of rotatable bonds is 3. The first kappa shape index (κ1) is 12.9. The lowest BCUT2D eigenvalue weighted by molar-refractivity contribution is 0.743. The third kappa shape index (κ3) is 2.72. The van der Waals surface area contributed by atoms with E-state index < -0.39 is 0 Å². The Bertz CT molecular complexity index is 730. The molecule has 0 saturated heterocycles. The van der Waals surface area contributed by atoms with Crippen LogP contribution in [0.5, 0.6) is 0 Å². The van der Waals surface area contributed by atoms with Crippen molar-refractivity contribution in [3.63, 3.8) is 0 Å². The molecule has 0 amide bonds. The van der Waals surface area contributed by atoms with Gasteiger partial charge in [-0.1, -0.05) is 61.0 Å². The fourth-order valence-corrected chi connectivity index (χ4v) is 2.63. The first-order valence-electron chi connectivity index (χ1n) is 7.13. The van der Waals surface area contributed by atoms with Crippen LogP contribution >= 0.6 is 0 Å². The molecule has 3 rings (SSSR count). The van der Waals surface area contributed by atoms with Gasteiger partial charge in [0.1, 0.15) is 0 Å². The maximum absolute atomic E-state index is 4.76. The zero-order valence-corrected chi connectivity index (χ0v) is 12.0. The normalized spacial score (nSPS) is 12.5. The number of hydrogen-bond acceptors (Lipinski definition) is 1. The minimum atomic E-state index is 0.489. The van der Waals surface area contributed by atoms with Crippen molar-refractivity contribution >= 4 is 10.9 Å². The van der Waals surface area contributed by atoms with E-state index in [-0.39, 0.29) is 0 Å². The van der Waals surface area contributed by atoms with Gasteiger partial charge >= 0.3 is 0 Å². The number of hydrogen-bond donors (Lipinski definition) is 0. The average Bonchev–Trinajstić information content (AvgIpc) is 2.47. The van der Waals surface area contributed by atoms with Gasteiger partial charge in [0.15, 0.2) is 0 Å². The van der Waals surface area contributed by atoms with Gasteiger partial charge in [0, 0.05) is 11.1 Å². The van der Waals surface area contributed by atoms with Crippen LogP contribution < -0.4 is 0 Å². The van der Waals surface area contributed by atoms with Crippen molar-refractivity contribution in [1.29, 1.82) is 0 Å². The van der Waals surface area contributed by atoms with Crippen LogP contribution in [0, 0.1) is 6.92 Å². The number of nitrogens with zero attached hydrogens (tertiary/aromatic N) is 1. The molecule has 0 saturated carbocycles. The summed E-state index contributed by atoms with van der Waals surface area (Å²) in [6.45, 7) is 4.41. The fraction of sp³-hybridized carbons (Fsp3) is 0.211. The number of aryl methyl sites for hydroxylation is 1. The maximum atomic E-state index is 4.76. The van der Waals surface area contributed by atoms with E-state index in [1.165, 1.54) is 16.5 Å². The van der Waals surface area contributed by atoms with Crippen LogP contribution in [-0.4, -0.2) is 4.98 Å². The van der Waals surface area contributed by atoms with E-state index >= 15 is 0 Å². The molecule has 3 aromatic rings. The van der Waals surface area contributed by atoms with E-state index in [1.807, 2.05) is 6.07 Å². The van der Waals surface area contributed by atoms with Crippen LogP contribution in [0.3, 0.4) is 0 Å². The summed E-state index contributed by atoms with van der Waals surface area (Å²) in [5.41, 5.74) is 4.96. The van der Waals surface area contributed by atoms with E-state index in [2.05, 4.69) is 68.4 Å². The SMILES string of the molecule is Cc1cccc([C@H](C)Cc2ccc3ccccc3n2)c1. The van der Waals surface area contributed by atoms with Crippen LogP contribution in [0.15, 0.2) is 60.7 Å². The van der Waals surface area contributed by atoms with Crippen molar-refractivity contribution in [3.8, 4) is 0 Å². The van der Waals surface area contributed by atoms with Crippen molar-refractivity contribution in [1.82, 2.24) is 4.98 Å². The zero-order chi connectivity index (χ0) is 13.9. The number of aromatic nitrogens is 1. The van der Waals surface area contributed by atoms with E-state index in [0.29, 0.717) is 5.92 Å². The quantitative estimate of drug-likeness (QED) is 0.654. The first-order chi connectivity index (χ1) is 9.72. The molecule has 1 heteroatoms. The fourth-order valence-electron chi connectivity index (χ4n) is 2.63. The molecule has 0 aliphatic carbocycles. The Morgan fingerprint density at radius 2 is 1.80 bits per heavy atom. The molecule has 0 fully saturated rings. The van der Waals surface area contributed by atoms with Gasteiger partial charge in [-0.05, 0) is 37.0 Å². The number of para-hydroxylation sites is 1. The van der Waals surface area contributed by atoms with Crippen LogP contribution in [0.1, 0.15) is 29.7 Å². The highest BCUT2D eigenvalue weighted by atomic mass is 14.7. The van der Waals surface area contributed by atoms with E-state index in [4.69, 9.17) is 4.98 Å². The molecule has 1 atom stereocenters. The van der Waals surface area contributed by atoms with Gasteiger partial charge in [-0.2, -0.15) is 0 Å². The summed E-state index contributed by atoms with van der Waals surface area (Å²) >= 11 is 0. The Labute approximate surface area is 120 Å². The largest absolute Gasteiger partial charge is 0.253 e. The molecule has 1 nitrogen and oxygen atoms in total. The lowest BCUT2D eigenvalue weighted by atomic mass is 9.94. The van der Waals surface area contributed by atoms with Crippen LogP contribution in [0.25, 0.3) is 10.9 Å². The molecule has 0 bridgehead atoms. The lowest BCUT2D eigenvalue weighted by Crippen LogP contribution is -2.01. The van der Waals surface area contributed by atoms with E-state index in [1.54, 1.807) is 0 Å². The third-order valence-electron chi connectivity index (χ3n) is 3.78. The molecule has 2 aromatic carbocycles. The summed E-state index contributed by atoms with van der Waals surface area (Å²) in [6, 6.07) is 21.4. The second kappa shape index (κ2) is 5.46. The minimum absolute atomic E-state index is 0.489. The molecule has 1 heterocycles. The Kier molecular flexibility index (Phi) is 3.51. The molecule has 0 spiro atoms. The van der Waals surface area contributed by atoms with E-state index in [9.17, 15) is 0 Å². The van der Waals surface area contributed by atoms with Gasteiger partial charge < -0.3 is 0 Å². The Morgan fingerprint density at radius 3 is 2.65 bits per heavy atom. The van der Waals surface area contributed by atoms with E-state index in [0.717, 1.165) is 17.6 Å². The topological polar surface area (TPSA) is 12.9 Å². The Hall–Kier alpha value is -2.15. The van der Waals surface area contributed by atoms with Gasteiger partial charge in [-0.3, -0.25) is 4.98 Å². The highest BCUT2D eigenvalue weighted by Gasteiger charge is 2.08. The van der Waals surface area contributed by atoms with Gasteiger partial charge in [0.2, 0.25) is 0 Å². The molecule has 100 valence electrons. The van der Waals surface area contributed by atoms with Crippen LogP contribution in [0.2, 0.25) is 0 Å². The van der Waals surface area contributed by atoms with Crippen molar-refractivity contribution in [2.24, 2.45) is 0 Å². The summed E-state index contributed by atoms with van der Waals surface area (Å²) in [5, 5.41) is 1.21. The highest BCUT2D eigenvalue weighted by molar-refractivity contribution is 5.78. The second-order valence-corrected chi connectivity index (χ2v) is 5.51. The van der Waals surface area contributed by atoms with Crippen LogP contribution in [0.4, 0.5) is 0 Å². The molecule has 0 aliphatic heterocycles. The molecule has 0 aliphatic rings. The number of fused-ring (bicyclic) bond motifs is 1. The predicted molar refractivity (Wildman–Crippen MR) is 85.0 cm³/mol. The monoisotopic (exact) mass is 261 g/mol. The highest BCUT2D eigenvalue weighted by Crippen LogP contribution is 2.21. The second-order valence-electron chi connectivity index (χ2n) is 5.51. The summed E-state index contributed by atoms with van der Waals surface area (Å²) < 4.78 is 0. The van der Waals surface area contributed by atoms with Gasteiger partial charge in [-0.25, -0.2) is 0 Å². The molecule has 0 unspecified atom stereocenters. The number of benzene rings is 2. The standard InChI is InChI=1S/C19H19N/c1-14-6-5-8-17(12-14)15(2)13-18-11-10-16-7-3-4-9-19(16)20-18/h3-12,15H,13H2,1-2H3/t15-/m1/s1. The van der Waals surface area contributed by atoms with Crippen molar-refractivity contribution < 1.29 is 0 Å². The summed E-state index contributed by atoms with van der Waals surface area (Å²) in [7, 11) is 0. The Morgan fingerprint density at radius 1 is 0.950 bits per heavy atom. The lowest BCUT2D eigenvalue weighted by Gasteiger charge is -2.12. The number of pyridine rings is 1. The van der Waals surface area contributed by atoms with Crippen LogP contribution in [-0.2, 0) is 6.42 Å². The molecular formula is C19H19N. The summed E-state index contributed by atoms with van der Waals surface area (Å²) in [6.07, 6.45) is 0.980. The average molecular weight is 261 g/mol.